The quantitative estimate of drug-likeness (QED) is 0.569. The molecule has 3 aromatic rings. The van der Waals surface area contributed by atoms with Crippen LogP contribution < -0.4 is 10.5 Å². The number of sulfonamides is 1. The molecule has 0 amide bonds. The summed E-state index contributed by atoms with van der Waals surface area (Å²) in [7, 11) is -3.49. The van der Waals surface area contributed by atoms with Gasteiger partial charge in [-0.25, -0.2) is 23.1 Å². The highest BCUT2D eigenvalue weighted by Crippen LogP contribution is 2.36. The first kappa shape index (κ1) is 20.4. The van der Waals surface area contributed by atoms with Crippen molar-refractivity contribution in [2.24, 2.45) is 0 Å². The van der Waals surface area contributed by atoms with Gasteiger partial charge in [0.1, 0.15) is 17.9 Å². The Balaban J connectivity index is 1.36. The second kappa shape index (κ2) is 8.22. The van der Waals surface area contributed by atoms with E-state index < -0.39 is 10.0 Å². The number of ether oxygens (including phenoxy) is 1. The van der Waals surface area contributed by atoms with Gasteiger partial charge in [-0.1, -0.05) is 18.2 Å². The number of fused-ring (bicyclic) bond motifs is 5. The van der Waals surface area contributed by atoms with Crippen molar-refractivity contribution in [3.05, 3.63) is 47.4 Å². The SMILES string of the molecule is Nc1nc2c(c3c1nc1n3[C@@H](CCCNS(=O)(=O)c3ccccc3)COC1)CCCC2. The Bertz CT molecular complexity index is 1210. The maximum Gasteiger partial charge on any atom is 0.240 e. The Morgan fingerprint density at radius 3 is 2.81 bits per heavy atom. The number of hydrogen-bond acceptors (Lipinski definition) is 6. The molecule has 164 valence electrons. The fraction of sp³-hybridized carbons (Fsp3) is 0.455. The number of benzene rings is 1. The van der Waals surface area contributed by atoms with Crippen molar-refractivity contribution in [1.82, 2.24) is 19.3 Å². The molecule has 31 heavy (non-hydrogen) atoms. The zero-order valence-electron chi connectivity index (χ0n) is 17.4. The van der Waals surface area contributed by atoms with Crippen LogP contribution in [-0.2, 0) is 34.2 Å². The van der Waals surface area contributed by atoms with E-state index in [1.165, 1.54) is 5.56 Å². The third-order valence-electron chi connectivity index (χ3n) is 6.17. The Morgan fingerprint density at radius 2 is 1.97 bits per heavy atom. The molecule has 1 aromatic carbocycles. The second-order valence-corrected chi connectivity index (χ2v) is 10.0. The molecule has 1 aliphatic carbocycles. The summed E-state index contributed by atoms with van der Waals surface area (Å²) in [6.07, 6.45) is 5.72. The lowest BCUT2D eigenvalue weighted by Gasteiger charge is -2.28. The van der Waals surface area contributed by atoms with E-state index in [9.17, 15) is 8.42 Å². The average molecular weight is 442 g/mol. The molecule has 5 rings (SSSR count). The van der Waals surface area contributed by atoms with Gasteiger partial charge in [0, 0.05) is 12.2 Å². The van der Waals surface area contributed by atoms with Crippen molar-refractivity contribution in [1.29, 1.82) is 0 Å². The number of aryl methyl sites for hydroxylation is 2. The molecule has 9 heteroatoms. The third-order valence-corrected chi connectivity index (χ3v) is 7.65. The normalized spacial score (nSPS) is 18.6. The molecule has 0 fully saturated rings. The van der Waals surface area contributed by atoms with Gasteiger partial charge in [0.15, 0.2) is 5.82 Å². The highest BCUT2D eigenvalue weighted by Gasteiger charge is 2.29. The minimum Gasteiger partial charge on any atom is -0.382 e. The van der Waals surface area contributed by atoms with Gasteiger partial charge in [-0.15, -0.1) is 0 Å². The van der Waals surface area contributed by atoms with Crippen LogP contribution in [0.2, 0.25) is 0 Å². The fourth-order valence-electron chi connectivity index (χ4n) is 4.71. The van der Waals surface area contributed by atoms with E-state index in [0.717, 1.165) is 54.7 Å². The summed E-state index contributed by atoms with van der Waals surface area (Å²) in [6, 6.07) is 8.55. The molecule has 1 aliphatic heterocycles. The van der Waals surface area contributed by atoms with E-state index in [-0.39, 0.29) is 10.9 Å². The molecule has 0 saturated heterocycles. The first-order valence-electron chi connectivity index (χ1n) is 10.8. The molecule has 0 radical (unpaired) electrons. The van der Waals surface area contributed by atoms with Gasteiger partial charge in [-0.3, -0.25) is 0 Å². The summed E-state index contributed by atoms with van der Waals surface area (Å²) in [5, 5.41) is 0. The lowest BCUT2D eigenvalue weighted by molar-refractivity contribution is 0.0533. The van der Waals surface area contributed by atoms with Gasteiger partial charge in [0.05, 0.1) is 23.1 Å². The predicted molar refractivity (Wildman–Crippen MR) is 118 cm³/mol. The molecule has 0 bridgehead atoms. The molecular formula is C22H27N5O3S. The van der Waals surface area contributed by atoms with E-state index in [4.69, 9.17) is 15.5 Å². The minimum atomic E-state index is -3.49. The Hall–Kier alpha value is -2.49. The van der Waals surface area contributed by atoms with Gasteiger partial charge in [0.25, 0.3) is 0 Å². The summed E-state index contributed by atoms with van der Waals surface area (Å²) < 4.78 is 35.7. The molecule has 0 saturated carbocycles. The van der Waals surface area contributed by atoms with Crippen LogP contribution in [0.15, 0.2) is 35.2 Å². The van der Waals surface area contributed by atoms with Gasteiger partial charge >= 0.3 is 0 Å². The summed E-state index contributed by atoms with van der Waals surface area (Å²) >= 11 is 0. The Labute approximate surface area is 181 Å². The van der Waals surface area contributed by atoms with Gasteiger partial charge < -0.3 is 15.0 Å². The number of imidazole rings is 1. The lowest BCUT2D eigenvalue weighted by Crippen LogP contribution is -2.28. The molecule has 0 spiro atoms. The highest BCUT2D eigenvalue weighted by atomic mass is 32.2. The topological polar surface area (TPSA) is 112 Å². The zero-order chi connectivity index (χ0) is 21.4. The van der Waals surface area contributed by atoms with Gasteiger partial charge in [0.2, 0.25) is 10.0 Å². The molecule has 0 unspecified atom stereocenters. The van der Waals surface area contributed by atoms with E-state index in [2.05, 4.69) is 14.3 Å². The largest absolute Gasteiger partial charge is 0.382 e. The molecule has 2 aliphatic rings. The number of nitrogens with one attached hydrogen (secondary N) is 1. The first-order valence-corrected chi connectivity index (χ1v) is 12.3. The molecule has 2 aromatic heterocycles. The maximum absolute atomic E-state index is 12.4. The lowest BCUT2D eigenvalue weighted by atomic mass is 9.94. The number of aromatic nitrogens is 3. The Kier molecular flexibility index (Phi) is 5.41. The number of nitrogens with two attached hydrogens (primary N) is 1. The van der Waals surface area contributed by atoms with Crippen LogP contribution in [0.3, 0.4) is 0 Å². The van der Waals surface area contributed by atoms with Crippen LogP contribution in [-0.4, -0.2) is 36.1 Å². The first-order chi connectivity index (χ1) is 15.0. The number of hydrogen-bond donors (Lipinski definition) is 2. The summed E-state index contributed by atoms with van der Waals surface area (Å²) in [4.78, 5) is 9.67. The van der Waals surface area contributed by atoms with Crippen molar-refractivity contribution in [3.63, 3.8) is 0 Å². The number of pyridine rings is 1. The standard InChI is InChI=1S/C22H27N5O3S/c23-22-20-21(17-10-4-5-11-18(17)25-22)27-15(13-30-14-19(27)26-20)7-6-12-24-31(28,29)16-8-2-1-3-9-16/h1-3,8-9,15,24H,4-7,10-14H2,(H2,23,25)/t15-/m0/s1. The van der Waals surface area contributed by atoms with Crippen molar-refractivity contribution < 1.29 is 13.2 Å². The maximum atomic E-state index is 12.4. The zero-order valence-corrected chi connectivity index (χ0v) is 18.2. The molecule has 3 N–H and O–H groups in total. The van der Waals surface area contributed by atoms with E-state index in [1.807, 2.05) is 0 Å². The monoisotopic (exact) mass is 441 g/mol. The number of rotatable bonds is 6. The van der Waals surface area contributed by atoms with Crippen LogP contribution in [0.5, 0.6) is 0 Å². The average Bonchev–Trinajstić information content (AvgIpc) is 3.19. The van der Waals surface area contributed by atoms with Gasteiger partial charge in [-0.05, 0) is 56.2 Å². The van der Waals surface area contributed by atoms with Crippen LogP contribution in [0.1, 0.15) is 48.8 Å². The van der Waals surface area contributed by atoms with Crippen molar-refractivity contribution in [3.8, 4) is 0 Å². The smallest absolute Gasteiger partial charge is 0.240 e. The van der Waals surface area contributed by atoms with Crippen LogP contribution >= 0.6 is 0 Å². The molecule has 1 atom stereocenters. The van der Waals surface area contributed by atoms with Crippen LogP contribution in [0.4, 0.5) is 5.82 Å². The van der Waals surface area contributed by atoms with Crippen molar-refractivity contribution in [2.45, 2.75) is 56.1 Å². The number of nitrogens with zero attached hydrogens (tertiary/aromatic N) is 3. The minimum absolute atomic E-state index is 0.0998. The fourth-order valence-corrected chi connectivity index (χ4v) is 5.80. The highest BCUT2D eigenvalue weighted by molar-refractivity contribution is 7.89. The van der Waals surface area contributed by atoms with Crippen LogP contribution in [0, 0.1) is 0 Å². The number of anilines is 1. The van der Waals surface area contributed by atoms with E-state index in [1.54, 1.807) is 30.3 Å². The third kappa shape index (κ3) is 3.81. The second-order valence-electron chi connectivity index (χ2n) is 8.25. The summed E-state index contributed by atoms with van der Waals surface area (Å²) in [5.41, 5.74) is 10.5. The summed E-state index contributed by atoms with van der Waals surface area (Å²) in [6.45, 7) is 1.42. The predicted octanol–water partition coefficient (Wildman–Crippen LogP) is 2.72. The molecule has 8 nitrogen and oxygen atoms in total. The summed E-state index contributed by atoms with van der Waals surface area (Å²) in [5.74, 6) is 1.37. The van der Waals surface area contributed by atoms with E-state index in [0.29, 0.717) is 32.0 Å². The van der Waals surface area contributed by atoms with Crippen LogP contribution in [0.25, 0.3) is 11.0 Å². The molecular weight excluding hydrogens is 414 g/mol. The number of nitrogen functional groups attached to an aromatic ring is 1. The van der Waals surface area contributed by atoms with Gasteiger partial charge in [-0.2, -0.15) is 0 Å². The Morgan fingerprint density at radius 1 is 1.16 bits per heavy atom. The van der Waals surface area contributed by atoms with Crippen molar-refractivity contribution in [2.75, 3.05) is 18.9 Å². The molecule has 3 heterocycles. The van der Waals surface area contributed by atoms with Crippen molar-refractivity contribution >= 4 is 26.9 Å². The van der Waals surface area contributed by atoms with E-state index >= 15 is 0 Å².